The predicted octanol–water partition coefficient (Wildman–Crippen LogP) is 1.97. The van der Waals surface area contributed by atoms with Crippen molar-refractivity contribution in [3.63, 3.8) is 0 Å². The van der Waals surface area contributed by atoms with Gasteiger partial charge >= 0.3 is 12.0 Å². The summed E-state index contributed by atoms with van der Waals surface area (Å²) in [6, 6.07) is 1.87. The number of halogens is 1. The Balaban J connectivity index is 2.67. The molecule has 0 aliphatic carbocycles. The van der Waals surface area contributed by atoms with E-state index in [2.05, 4.69) is 10.6 Å². The second-order valence-electron chi connectivity index (χ2n) is 4.23. The summed E-state index contributed by atoms with van der Waals surface area (Å²) in [5, 5.41) is 23.9. The Morgan fingerprint density at radius 1 is 1.43 bits per heavy atom. The van der Waals surface area contributed by atoms with Crippen LogP contribution in [0.4, 0.5) is 20.6 Å². The molecular formula is C12H14FN3O5. The average molecular weight is 299 g/mol. The Morgan fingerprint density at radius 3 is 2.62 bits per heavy atom. The third kappa shape index (κ3) is 5.05. The SMILES string of the molecule is CCC(CNC(=O)Nc1cc(F)cc([N+](=O)[O-])c1)C(=O)O. The largest absolute Gasteiger partial charge is 0.481 e. The van der Waals surface area contributed by atoms with Gasteiger partial charge in [-0.15, -0.1) is 0 Å². The molecule has 1 rings (SSSR count). The van der Waals surface area contributed by atoms with Crippen molar-refractivity contribution in [2.75, 3.05) is 11.9 Å². The number of nitro groups is 1. The van der Waals surface area contributed by atoms with E-state index in [0.29, 0.717) is 6.42 Å². The van der Waals surface area contributed by atoms with Crippen LogP contribution in [0.1, 0.15) is 13.3 Å². The van der Waals surface area contributed by atoms with E-state index >= 15 is 0 Å². The van der Waals surface area contributed by atoms with E-state index in [0.717, 1.165) is 18.2 Å². The highest BCUT2D eigenvalue weighted by Gasteiger charge is 2.16. The summed E-state index contributed by atoms with van der Waals surface area (Å²) in [4.78, 5) is 32.1. The number of benzene rings is 1. The van der Waals surface area contributed by atoms with Gasteiger partial charge in [-0.05, 0) is 12.5 Å². The van der Waals surface area contributed by atoms with Crippen LogP contribution in [0.2, 0.25) is 0 Å². The molecule has 0 heterocycles. The van der Waals surface area contributed by atoms with Crippen LogP contribution in [0.3, 0.4) is 0 Å². The minimum Gasteiger partial charge on any atom is -0.481 e. The predicted molar refractivity (Wildman–Crippen MR) is 71.5 cm³/mol. The third-order valence-corrected chi connectivity index (χ3v) is 2.70. The fourth-order valence-corrected chi connectivity index (χ4v) is 1.55. The summed E-state index contributed by atoms with van der Waals surface area (Å²) in [5.74, 6) is -2.65. The molecule has 3 N–H and O–H groups in total. The van der Waals surface area contributed by atoms with Crippen molar-refractivity contribution in [3.8, 4) is 0 Å². The van der Waals surface area contributed by atoms with Gasteiger partial charge in [-0.25, -0.2) is 9.18 Å². The number of non-ortho nitro benzene ring substituents is 1. The van der Waals surface area contributed by atoms with Gasteiger partial charge in [-0.1, -0.05) is 6.92 Å². The maximum Gasteiger partial charge on any atom is 0.319 e. The first kappa shape index (κ1) is 16.3. The van der Waals surface area contributed by atoms with Crippen molar-refractivity contribution >= 4 is 23.4 Å². The number of carbonyl (C=O) groups excluding carboxylic acids is 1. The molecule has 21 heavy (non-hydrogen) atoms. The molecule has 0 spiro atoms. The smallest absolute Gasteiger partial charge is 0.319 e. The summed E-state index contributed by atoms with van der Waals surface area (Å²) in [7, 11) is 0. The van der Waals surface area contributed by atoms with Gasteiger partial charge in [-0.3, -0.25) is 14.9 Å². The maximum atomic E-state index is 13.2. The maximum absolute atomic E-state index is 13.2. The van der Waals surface area contributed by atoms with E-state index in [4.69, 9.17) is 5.11 Å². The highest BCUT2D eigenvalue weighted by Crippen LogP contribution is 2.19. The minimum atomic E-state index is -1.04. The number of hydrogen-bond acceptors (Lipinski definition) is 4. The van der Waals surface area contributed by atoms with Crippen LogP contribution >= 0.6 is 0 Å². The first-order valence-corrected chi connectivity index (χ1v) is 6.06. The van der Waals surface area contributed by atoms with Gasteiger partial charge in [0.2, 0.25) is 0 Å². The molecule has 2 amide bonds. The van der Waals surface area contributed by atoms with E-state index in [1.54, 1.807) is 6.92 Å². The quantitative estimate of drug-likeness (QED) is 0.547. The minimum absolute atomic E-state index is 0.0948. The lowest BCUT2D eigenvalue weighted by Gasteiger charge is -2.12. The van der Waals surface area contributed by atoms with Gasteiger partial charge in [-0.2, -0.15) is 0 Å². The zero-order chi connectivity index (χ0) is 16.0. The summed E-state index contributed by atoms with van der Waals surface area (Å²) in [5.41, 5.74) is -0.593. The van der Waals surface area contributed by atoms with Crippen molar-refractivity contribution in [1.82, 2.24) is 5.32 Å². The molecule has 0 aliphatic rings. The van der Waals surface area contributed by atoms with Gasteiger partial charge in [0.05, 0.1) is 22.6 Å². The molecule has 0 bridgehead atoms. The number of nitrogens with zero attached hydrogens (tertiary/aromatic N) is 1. The molecule has 0 fully saturated rings. The number of carboxylic acid groups (broad SMARTS) is 1. The lowest BCUT2D eigenvalue weighted by atomic mass is 10.1. The van der Waals surface area contributed by atoms with E-state index in [1.807, 2.05) is 0 Å². The Morgan fingerprint density at radius 2 is 2.10 bits per heavy atom. The highest BCUT2D eigenvalue weighted by molar-refractivity contribution is 5.89. The first-order valence-electron chi connectivity index (χ1n) is 6.06. The summed E-state index contributed by atoms with van der Waals surface area (Å²) >= 11 is 0. The van der Waals surface area contributed by atoms with Crippen molar-refractivity contribution < 1.29 is 24.0 Å². The van der Waals surface area contributed by atoms with E-state index in [1.165, 1.54) is 0 Å². The Labute approximate surface area is 119 Å². The fourth-order valence-electron chi connectivity index (χ4n) is 1.55. The summed E-state index contributed by atoms with van der Waals surface area (Å²) in [6.07, 6.45) is 0.334. The van der Waals surface area contributed by atoms with Crippen molar-refractivity contribution in [2.45, 2.75) is 13.3 Å². The number of aliphatic carboxylic acids is 1. The second-order valence-corrected chi connectivity index (χ2v) is 4.23. The Hall–Kier alpha value is -2.71. The molecular weight excluding hydrogens is 285 g/mol. The second kappa shape index (κ2) is 7.17. The Kier molecular flexibility index (Phi) is 5.58. The van der Waals surface area contributed by atoms with Crippen LogP contribution in [-0.4, -0.2) is 28.6 Å². The number of amides is 2. The molecule has 8 nitrogen and oxygen atoms in total. The summed E-state index contributed by atoms with van der Waals surface area (Å²) in [6.45, 7) is 1.56. The average Bonchev–Trinajstić information content (AvgIpc) is 2.38. The number of carboxylic acids is 1. The number of rotatable bonds is 6. The number of nitrogens with one attached hydrogen (secondary N) is 2. The molecule has 0 saturated heterocycles. The monoisotopic (exact) mass is 299 g/mol. The molecule has 0 aromatic heterocycles. The van der Waals surface area contributed by atoms with Crippen LogP contribution < -0.4 is 10.6 Å². The number of nitro benzene ring substituents is 1. The van der Waals surface area contributed by atoms with Crippen LogP contribution in [-0.2, 0) is 4.79 Å². The van der Waals surface area contributed by atoms with Gasteiger partial charge in [0.25, 0.3) is 5.69 Å². The molecule has 1 unspecified atom stereocenters. The molecule has 1 aromatic rings. The number of urea groups is 1. The Bertz CT molecular complexity index is 564. The molecule has 1 aromatic carbocycles. The van der Waals surface area contributed by atoms with Crippen LogP contribution in [0.5, 0.6) is 0 Å². The van der Waals surface area contributed by atoms with Gasteiger partial charge < -0.3 is 15.7 Å². The van der Waals surface area contributed by atoms with Crippen molar-refractivity contribution in [2.24, 2.45) is 5.92 Å². The molecule has 1 atom stereocenters. The number of hydrogen-bond donors (Lipinski definition) is 3. The molecule has 0 aliphatic heterocycles. The standard InChI is InChI=1S/C12H14FN3O5/c1-2-7(11(17)18)6-14-12(19)15-9-3-8(13)4-10(5-9)16(20)21/h3-5,7H,2,6H2,1H3,(H,17,18)(H2,14,15,19). The molecule has 9 heteroatoms. The normalized spacial score (nSPS) is 11.5. The molecule has 0 saturated carbocycles. The van der Waals surface area contributed by atoms with Crippen LogP contribution in [0, 0.1) is 21.8 Å². The topological polar surface area (TPSA) is 122 Å². The van der Waals surface area contributed by atoms with E-state index < -0.39 is 34.3 Å². The number of carbonyl (C=O) groups is 2. The van der Waals surface area contributed by atoms with Gasteiger partial charge in [0, 0.05) is 12.6 Å². The highest BCUT2D eigenvalue weighted by atomic mass is 19.1. The molecule has 114 valence electrons. The van der Waals surface area contributed by atoms with Crippen LogP contribution in [0.15, 0.2) is 18.2 Å². The zero-order valence-corrected chi connectivity index (χ0v) is 11.1. The lowest BCUT2D eigenvalue weighted by Crippen LogP contribution is -2.35. The first-order chi connectivity index (χ1) is 9.83. The molecule has 0 radical (unpaired) electrons. The van der Waals surface area contributed by atoms with Crippen molar-refractivity contribution in [1.29, 1.82) is 0 Å². The van der Waals surface area contributed by atoms with Crippen molar-refractivity contribution in [3.05, 3.63) is 34.1 Å². The summed E-state index contributed by atoms with van der Waals surface area (Å²) < 4.78 is 13.2. The third-order valence-electron chi connectivity index (χ3n) is 2.70. The fraction of sp³-hybridized carbons (Fsp3) is 0.333. The van der Waals surface area contributed by atoms with Gasteiger partial charge in [0.15, 0.2) is 0 Å². The van der Waals surface area contributed by atoms with E-state index in [9.17, 15) is 24.1 Å². The van der Waals surface area contributed by atoms with Gasteiger partial charge in [0.1, 0.15) is 5.82 Å². The van der Waals surface area contributed by atoms with Crippen LogP contribution in [0.25, 0.3) is 0 Å². The zero-order valence-electron chi connectivity index (χ0n) is 11.1. The number of anilines is 1. The lowest BCUT2D eigenvalue weighted by molar-refractivity contribution is -0.385. The van der Waals surface area contributed by atoms with E-state index in [-0.39, 0.29) is 12.2 Å².